The average molecular weight is 553 g/mol. The van der Waals surface area contributed by atoms with Gasteiger partial charge in [-0.25, -0.2) is 0 Å². The van der Waals surface area contributed by atoms with E-state index in [4.69, 9.17) is 0 Å². The van der Waals surface area contributed by atoms with Gasteiger partial charge in [0.1, 0.15) is 0 Å². The Morgan fingerprint density at radius 1 is 0.419 bits per heavy atom. The molecule has 31 heavy (non-hydrogen) atoms. The van der Waals surface area contributed by atoms with Crippen molar-refractivity contribution in [3.05, 3.63) is 0 Å². The van der Waals surface area contributed by atoms with Gasteiger partial charge < -0.3 is 9.80 Å². The van der Waals surface area contributed by atoms with Crippen LogP contribution >= 0.6 is 22.6 Å². The van der Waals surface area contributed by atoms with Gasteiger partial charge in [0, 0.05) is 36.8 Å². The van der Waals surface area contributed by atoms with Gasteiger partial charge in [0.2, 0.25) is 0 Å². The number of nitrogens with zero attached hydrogens (tertiary/aromatic N) is 4. The third kappa shape index (κ3) is 13.8. The largest absolute Gasteiger partial charge is 0.301 e. The fourth-order valence-corrected chi connectivity index (χ4v) is 5.53. The van der Waals surface area contributed by atoms with Crippen LogP contribution in [-0.4, -0.2) is 93.1 Å². The molecule has 0 amide bonds. The number of rotatable bonds is 18. The van der Waals surface area contributed by atoms with Crippen molar-refractivity contribution in [1.29, 1.82) is 0 Å². The maximum Gasteiger partial charge on any atom is 0.0592 e. The molecule has 0 aliphatic carbocycles. The van der Waals surface area contributed by atoms with Crippen molar-refractivity contribution >= 4 is 22.6 Å². The van der Waals surface area contributed by atoms with Crippen LogP contribution in [0.3, 0.4) is 0 Å². The van der Waals surface area contributed by atoms with Crippen molar-refractivity contribution in [2.24, 2.45) is 0 Å². The highest BCUT2D eigenvalue weighted by molar-refractivity contribution is 14.1. The molecular formula is C26H57IN4. The Kier molecular flexibility index (Phi) is 17.4. The highest BCUT2D eigenvalue weighted by atomic mass is 127. The van der Waals surface area contributed by atoms with Crippen LogP contribution in [0.4, 0.5) is 0 Å². The summed E-state index contributed by atoms with van der Waals surface area (Å²) >= 11 is 2.55. The van der Waals surface area contributed by atoms with Gasteiger partial charge in [-0.15, -0.1) is 0 Å². The van der Waals surface area contributed by atoms with Gasteiger partial charge in [0.05, 0.1) is 4.05 Å². The highest BCUT2D eigenvalue weighted by Crippen LogP contribution is 2.13. The zero-order valence-corrected chi connectivity index (χ0v) is 25.2. The average Bonchev–Trinajstić information content (AvgIpc) is 2.63. The van der Waals surface area contributed by atoms with Gasteiger partial charge in [0.15, 0.2) is 0 Å². The maximum atomic E-state index is 2.69. The highest BCUT2D eigenvalue weighted by Gasteiger charge is 2.17. The maximum absolute atomic E-state index is 2.69. The minimum Gasteiger partial charge on any atom is -0.301 e. The molecule has 5 heteroatoms. The molecule has 0 radical (unpaired) electrons. The van der Waals surface area contributed by atoms with Crippen molar-refractivity contribution in [1.82, 2.24) is 19.6 Å². The predicted octanol–water partition coefficient (Wildman–Crippen LogP) is 6.19. The van der Waals surface area contributed by atoms with Gasteiger partial charge >= 0.3 is 0 Å². The van der Waals surface area contributed by atoms with Crippen LogP contribution in [0, 0.1) is 0 Å². The molecule has 188 valence electrons. The second-order valence-corrected chi connectivity index (χ2v) is 12.5. The molecule has 1 unspecified atom stereocenters. The number of alkyl halides is 1. The number of hydrogen-bond donors (Lipinski definition) is 0. The fraction of sp³-hybridized carbons (Fsp3) is 1.00. The molecule has 4 nitrogen and oxygen atoms in total. The van der Waals surface area contributed by atoms with E-state index in [1.807, 2.05) is 0 Å². The summed E-state index contributed by atoms with van der Waals surface area (Å²) in [5, 5.41) is 0. The van der Waals surface area contributed by atoms with E-state index >= 15 is 0 Å². The van der Waals surface area contributed by atoms with Gasteiger partial charge in [-0.1, -0.05) is 22.6 Å². The Morgan fingerprint density at radius 2 is 0.710 bits per heavy atom. The van der Waals surface area contributed by atoms with Crippen LogP contribution in [0.15, 0.2) is 0 Å². The zero-order chi connectivity index (χ0) is 24.1. The van der Waals surface area contributed by atoms with Gasteiger partial charge in [0.25, 0.3) is 0 Å². The quantitative estimate of drug-likeness (QED) is 0.114. The van der Waals surface area contributed by atoms with E-state index in [0.717, 1.165) is 0 Å². The van der Waals surface area contributed by atoms with E-state index in [-0.39, 0.29) is 0 Å². The first-order valence-corrected chi connectivity index (χ1v) is 14.3. The number of hydrogen-bond acceptors (Lipinski definition) is 4. The Hall–Kier alpha value is 0.570. The Labute approximate surface area is 210 Å². The lowest BCUT2D eigenvalue weighted by Crippen LogP contribution is -2.41. The number of halogens is 1. The van der Waals surface area contributed by atoms with Crippen LogP contribution in [0.25, 0.3) is 0 Å². The lowest BCUT2D eigenvalue weighted by atomic mass is 10.2. The van der Waals surface area contributed by atoms with Crippen molar-refractivity contribution in [3.63, 3.8) is 0 Å². The second kappa shape index (κ2) is 17.1. The van der Waals surface area contributed by atoms with E-state index in [1.54, 1.807) is 0 Å². The smallest absolute Gasteiger partial charge is 0.0592 e. The summed E-state index contributed by atoms with van der Waals surface area (Å²) in [6.45, 7) is 32.9. The van der Waals surface area contributed by atoms with Crippen LogP contribution in [0.1, 0.15) is 95.4 Å². The van der Waals surface area contributed by atoms with Crippen molar-refractivity contribution in [2.75, 3.05) is 39.3 Å². The molecule has 0 aliphatic heterocycles. The lowest BCUT2D eigenvalue weighted by molar-refractivity contribution is 0.142. The van der Waals surface area contributed by atoms with E-state index in [0.29, 0.717) is 34.3 Å². The normalized spacial score (nSPS) is 14.2. The molecular weight excluding hydrogens is 495 g/mol. The Morgan fingerprint density at radius 3 is 0.968 bits per heavy atom. The van der Waals surface area contributed by atoms with Gasteiger partial charge in [-0.2, -0.15) is 0 Å². The fourth-order valence-electron chi connectivity index (χ4n) is 4.61. The molecule has 0 aliphatic rings. The summed E-state index contributed by atoms with van der Waals surface area (Å²) < 4.78 is 0.604. The van der Waals surface area contributed by atoms with Gasteiger partial charge in [-0.05, 0) is 128 Å². The molecule has 0 aromatic carbocycles. The summed E-state index contributed by atoms with van der Waals surface area (Å²) in [5.74, 6) is 0. The minimum atomic E-state index is 0.604. The van der Waals surface area contributed by atoms with Crippen LogP contribution < -0.4 is 0 Å². The molecule has 0 rings (SSSR count). The Bertz CT molecular complexity index is 370. The summed E-state index contributed by atoms with van der Waals surface area (Å²) in [4.78, 5) is 10.6. The molecule has 0 N–H and O–H groups in total. The van der Waals surface area contributed by atoms with Crippen LogP contribution in [-0.2, 0) is 0 Å². The standard InChI is InChI=1S/C26H57IN4/c1-21(2)28(17-13-19-30(23(5)6)24(7)8)15-12-16-29(22(3)4)18-14-20-31(25(9)10)26(11)27/h21-26H,12-20H2,1-11H3. The summed E-state index contributed by atoms with van der Waals surface area (Å²) in [5.41, 5.74) is 0. The van der Waals surface area contributed by atoms with Crippen molar-refractivity contribution < 1.29 is 0 Å². The molecule has 0 aromatic rings. The summed E-state index contributed by atoms with van der Waals surface area (Å²) in [7, 11) is 0. The lowest BCUT2D eigenvalue weighted by Gasteiger charge is -2.34. The topological polar surface area (TPSA) is 13.0 Å². The summed E-state index contributed by atoms with van der Waals surface area (Å²) in [6, 6.07) is 3.15. The first-order chi connectivity index (χ1) is 14.4. The zero-order valence-electron chi connectivity index (χ0n) is 23.0. The summed E-state index contributed by atoms with van der Waals surface area (Å²) in [6.07, 6.45) is 3.80. The van der Waals surface area contributed by atoms with Gasteiger partial charge in [-0.3, -0.25) is 9.80 Å². The van der Waals surface area contributed by atoms with E-state index in [1.165, 1.54) is 58.5 Å². The third-order valence-corrected chi connectivity index (χ3v) is 7.24. The molecule has 0 heterocycles. The predicted molar refractivity (Wildman–Crippen MR) is 150 cm³/mol. The monoisotopic (exact) mass is 552 g/mol. The Balaban J connectivity index is 4.48. The van der Waals surface area contributed by atoms with Crippen LogP contribution in [0.2, 0.25) is 0 Å². The van der Waals surface area contributed by atoms with Crippen molar-refractivity contribution in [2.45, 2.75) is 130 Å². The third-order valence-electron chi connectivity index (χ3n) is 6.52. The van der Waals surface area contributed by atoms with Crippen molar-refractivity contribution in [3.8, 4) is 0 Å². The molecule has 0 fully saturated rings. The molecule has 1 atom stereocenters. The molecule has 0 saturated heterocycles. The SMILES string of the molecule is CC(C)N(CCCN(CCCN(C(C)C)C(C)I)C(C)C)CCCN(C(C)C)C(C)C. The first-order valence-electron chi connectivity index (χ1n) is 13.0. The van der Waals surface area contributed by atoms with E-state index in [2.05, 4.69) is 118 Å². The van der Waals surface area contributed by atoms with Crippen LogP contribution in [0.5, 0.6) is 0 Å². The molecule has 0 bridgehead atoms. The molecule has 0 saturated carbocycles. The second-order valence-electron chi connectivity index (χ2n) is 10.7. The van der Waals surface area contributed by atoms with E-state index < -0.39 is 0 Å². The molecule has 0 aromatic heterocycles. The van der Waals surface area contributed by atoms with E-state index in [9.17, 15) is 0 Å². The molecule has 0 spiro atoms. The minimum absolute atomic E-state index is 0.604. The first kappa shape index (κ1) is 31.6.